The Labute approximate surface area is 77.4 Å². The number of rotatable bonds is 3. The smallest absolute Gasteiger partial charge is 0.131 e. The fraction of sp³-hybridized carbons (Fsp3) is 0.500. The molecule has 1 heterocycles. The summed E-state index contributed by atoms with van der Waals surface area (Å²) in [6.07, 6.45) is 1.56. The molecule has 0 saturated carbocycles. The second-order valence-electron chi connectivity index (χ2n) is 2.63. The van der Waals surface area contributed by atoms with Crippen LogP contribution in [-0.4, -0.2) is 29.4 Å². The molecule has 1 aromatic heterocycles. The first-order valence-corrected chi connectivity index (χ1v) is 4.33. The van der Waals surface area contributed by atoms with E-state index in [1.807, 2.05) is 24.9 Å². The third-order valence-electron chi connectivity index (χ3n) is 1.60. The van der Waals surface area contributed by atoms with Gasteiger partial charge in [-0.1, -0.05) is 0 Å². The largest absolute Gasteiger partial charge is 0.358 e. The quantitative estimate of drug-likeness (QED) is 0.668. The van der Waals surface area contributed by atoms with E-state index in [0.29, 0.717) is 5.88 Å². The van der Waals surface area contributed by atoms with E-state index in [9.17, 15) is 0 Å². The summed E-state index contributed by atoms with van der Waals surface area (Å²) < 4.78 is 0. The first-order valence-electron chi connectivity index (χ1n) is 3.80. The molecule has 0 spiro atoms. The minimum Gasteiger partial charge on any atom is -0.358 e. The summed E-state index contributed by atoms with van der Waals surface area (Å²) in [5.41, 5.74) is 0.974. The zero-order valence-electron chi connectivity index (χ0n) is 7.29. The highest BCUT2D eigenvalue weighted by atomic mass is 35.5. The van der Waals surface area contributed by atoms with Crippen LogP contribution in [0.15, 0.2) is 12.4 Å². The van der Waals surface area contributed by atoms with Gasteiger partial charge in [0.2, 0.25) is 0 Å². The van der Waals surface area contributed by atoms with E-state index in [0.717, 1.165) is 18.1 Å². The summed E-state index contributed by atoms with van der Waals surface area (Å²) in [6.45, 7) is 2.75. The van der Waals surface area contributed by atoms with E-state index < -0.39 is 0 Å². The lowest BCUT2D eigenvalue weighted by Crippen LogP contribution is -2.20. The molecule has 0 aliphatic carbocycles. The fourth-order valence-electron chi connectivity index (χ4n) is 0.891. The van der Waals surface area contributed by atoms with Crippen LogP contribution >= 0.6 is 11.6 Å². The summed E-state index contributed by atoms with van der Waals surface area (Å²) in [5.74, 6) is 1.53. The minimum absolute atomic E-state index is 0.611. The van der Waals surface area contributed by atoms with Crippen molar-refractivity contribution in [3.05, 3.63) is 18.1 Å². The van der Waals surface area contributed by atoms with Crippen molar-refractivity contribution in [2.45, 2.75) is 6.92 Å². The van der Waals surface area contributed by atoms with Crippen molar-refractivity contribution in [1.29, 1.82) is 0 Å². The maximum Gasteiger partial charge on any atom is 0.131 e. The maximum atomic E-state index is 5.60. The third-order valence-corrected chi connectivity index (χ3v) is 1.77. The molecule has 0 aromatic carbocycles. The summed E-state index contributed by atoms with van der Waals surface area (Å²) in [5, 5.41) is 0. The monoisotopic (exact) mass is 185 g/mol. The highest BCUT2D eigenvalue weighted by molar-refractivity contribution is 6.18. The molecular weight excluding hydrogens is 174 g/mol. The van der Waals surface area contributed by atoms with E-state index in [-0.39, 0.29) is 0 Å². The van der Waals surface area contributed by atoms with Crippen molar-refractivity contribution in [2.75, 3.05) is 24.4 Å². The SMILES string of the molecule is Cc1cc(N(C)CCCl)ncn1. The van der Waals surface area contributed by atoms with E-state index in [2.05, 4.69) is 9.97 Å². The lowest BCUT2D eigenvalue weighted by molar-refractivity contribution is 0.926. The molecule has 3 nitrogen and oxygen atoms in total. The van der Waals surface area contributed by atoms with Crippen LogP contribution in [0.2, 0.25) is 0 Å². The average molecular weight is 186 g/mol. The average Bonchev–Trinajstić information content (AvgIpc) is 2.05. The molecule has 0 radical (unpaired) electrons. The lowest BCUT2D eigenvalue weighted by atomic mass is 10.4. The lowest BCUT2D eigenvalue weighted by Gasteiger charge is -2.15. The second kappa shape index (κ2) is 4.26. The Kier molecular flexibility index (Phi) is 3.29. The second-order valence-corrected chi connectivity index (χ2v) is 3.01. The molecule has 1 rings (SSSR count). The maximum absolute atomic E-state index is 5.60. The Morgan fingerprint density at radius 2 is 2.25 bits per heavy atom. The van der Waals surface area contributed by atoms with Gasteiger partial charge in [0, 0.05) is 31.2 Å². The van der Waals surface area contributed by atoms with Crippen LogP contribution in [0.25, 0.3) is 0 Å². The number of halogens is 1. The Bertz CT molecular complexity index is 252. The number of hydrogen-bond donors (Lipinski definition) is 0. The molecule has 0 saturated heterocycles. The molecule has 12 heavy (non-hydrogen) atoms. The Balaban J connectivity index is 2.73. The van der Waals surface area contributed by atoms with Crippen LogP contribution in [0.4, 0.5) is 5.82 Å². The summed E-state index contributed by atoms with van der Waals surface area (Å²) in [4.78, 5) is 10.1. The summed E-state index contributed by atoms with van der Waals surface area (Å²) in [6, 6.07) is 1.94. The highest BCUT2D eigenvalue weighted by Crippen LogP contribution is 2.07. The van der Waals surface area contributed by atoms with Gasteiger partial charge in [-0.3, -0.25) is 0 Å². The van der Waals surface area contributed by atoms with E-state index in [4.69, 9.17) is 11.6 Å². The van der Waals surface area contributed by atoms with E-state index in [1.54, 1.807) is 6.33 Å². The predicted molar refractivity (Wildman–Crippen MR) is 50.8 cm³/mol. The van der Waals surface area contributed by atoms with Gasteiger partial charge < -0.3 is 4.90 Å². The van der Waals surface area contributed by atoms with Gasteiger partial charge in [-0.2, -0.15) is 0 Å². The van der Waals surface area contributed by atoms with Gasteiger partial charge in [-0.15, -0.1) is 11.6 Å². The molecule has 0 aliphatic rings. The van der Waals surface area contributed by atoms with Crippen molar-refractivity contribution < 1.29 is 0 Å². The van der Waals surface area contributed by atoms with Gasteiger partial charge >= 0.3 is 0 Å². The number of aryl methyl sites for hydroxylation is 1. The van der Waals surface area contributed by atoms with Gasteiger partial charge in [0.25, 0.3) is 0 Å². The Hall–Kier alpha value is -0.830. The van der Waals surface area contributed by atoms with Crippen molar-refractivity contribution in [3.8, 4) is 0 Å². The molecule has 0 aliphatic heterocycles. The van der Waals surface area contributed by atoms with Crippen LogP contribution in [-0.2, 0) is 0 Å². The zero-order chi connectivity index (χ0) is 8.97. The number of alkyl halides is 1. The van der Waals surface area contributed by atoms with Crippen molar-refractivity contribution in [2.24, 2.45) is 0 Å². The standard InChI is InChI=1S/C8H12ClN3/c1-7-5-8(11-6-10-7)12(2)4-3-9/h5-6H,3-4H2,1-2H3. The third kappa shape index (κ3) is 2.34. The number of hydrogen-bond acceptors (Lipinski definition) is 3. The Morgan fingerprint density at radius 1 is 1.50 bits per heavy atom. The topological polar surface area (TPSA) is 29.0 Å². The summed E-state index contributed by atoms with van der Waals surface area (Å²) >= 11 is 5.60. The van der Waals surface area contributed by atoms with Crippen LogP contribution in [0, 0.1) is 6.92 Å². The first-order chi connectivity index (χ1) is 5.74. The van der Waals surface area contributed by atoms with Crippen molar-refractivity contribution in [1.82, 2.24) is 9.97 Å². The highest BCUT2D eigenvalue weighted by Gasteiger charge is 2.00. The number of anilines is 1. The Morgan fingerprint density at radius 3 is 2.83 bits per heavy atom. The molecule has 1 aromatic rings. The number of aromatic nitrogens is 2. The normalized spacial score (nSPS) is 9.92. The molecule has 0 atom stereocenters. The molecule has 0 unspecified atom stereocenters. The zero-order valence-corrected chi connectivity index (χ0v) is 8.04. The molecule has 66 valence electrons. The first kappa shape index (κ1) is 9.26. The molecular formula is C8H12ClN3. The van der Waals surface area contributed by atoms with Crippen LogP contribution in [0.3, 0.4) is 0 Å². The number of nitrogens with zero attached hydrogens (tertiary/aromatic N) is 3. The molecule has 4 heteroatoms. The van der Waals surface area contributed by atoms with Crippen molar-refractivity contribution >= 4 is 17.4 Å². The van der Waals surface area contributed by atoms with Gasteiger partial charge in [-0.25, -0.2) is 9.97 Å². The van der Waals surface area contributed by atoms with Gasteiger partial charge in [0.1, 0.15) is 12.1 Å². The van der Waals surface area contributed by atoms with Gasteiger partial charge in [0.15, 0.2) is 0 Å². The molecule has 0 fully saturated rings. The summed E-state index contributed by atoms with van der Waals surface area (Å²) in [7, 11) is 1.96. The van der Waals surface area contributed by atoms with Crippen LogP contribution in [0.5, 0.6) is 0 Å². The van der Waals surface area contributed by atoms with E-state index >= 15 is 0 Å². The van der Waals surface area contributed by atoms with Crippen molar-refractivity contribution in [3.63, 3.8) is 0 Å². The predicted octanol–water partition coefficient (Wildman–Crippen LogP) is 1.46. The van der Waals surface area contributed by atoms with Crippen LogP contribution < -0.4 is 4.90 Å². The van der Waals surface area contributed by atoms with Crippen LogP contribution in [0.1, 0.15) is 5.69 Å². The molecule has 0 amide bonds. The van der Waals surface area contributed by atoms with Gasteiger partial charge in [-0.05, 0) is 6.92 Å². The molecule has 0 N–H and O–H groups in total. The molecule has 0 bridgehead atoms. The minimum atomic E-state index is 0.611. The van der Waals surface area contributed by atoms with Gasteiger partial charge in [0.05, 0.1) is 0 Å². The fourth-order valence-corrected chi connectivity index (χ4v) is 1.14. The van der Waals surface area contributed by atoms with E-state index in [1.165, 1.54) is 0 Å².